The van der Waals surface area contributed by atoms with Crippen molar-refractivity contribution in [2.75, 3.05) is 33.5 Å². The third-order valence-corrected chi connectivity index (χ3v) is 11.9. The molecule has 16 nitrogen and oxygen atoms in total. The summed E-state index contributed by atoms with van der Waals surface area (Å²) >= 11 is 0. The van der Waals surface area contributed by atoms with E-state index < -0.39 is 5.82 Å². The van der Waals surface area contributed by atoms with Crippen molar-refractivity contribution in [2.45, 2.75) is 45.7 Å². The Labute approximate surface area is 390 Å². The van der Waals surface area contributed by atoms with Crippen LogP contribution in [0.5, 0.6) is 0 Å². The van der Waals surface area contributed by atoms with Gasteiger partial charge in [0, 0.05) is 61.0 Å². The Morgan fingerprint density at radius 2 is 1.41 bits per heavy atom. The lowest BCUT2D eigenvalue weighted by Crippen LogP contribution is -2.31. The van der Waals surface area contributed by atoms with E-state index in [1.807, 2.05) is 41.2 Å². The summed E-state index contributed by atoms with van der Waals surface area (Å²) in [6, 6.07) is 31.0. The lowest BCUT2D eigenvalue weighted by atomic mass is 10.0. The fourth-order valence-corrected chi connectivity index (χ4v) is 8.76. The molecule has 0 atom stereocenters. The second-order valence-electron chi connectivity index (χ2n) is 16.4. The van der Waals surface area contributed by atoms with Gasteiger partial charge in [-0.25, -0.2) is 29.0 Å². The molecule has 2 aliphatic heterocycles. The van der Waals surface area contributed by atoms with E-state index in [2.05, 4.69) is 54.8 Å². The van der Waals surface area contributed by atoms with Gasteiger partial charge in [0.25, 0.3) is 5.91 Å². The van der Waals surface area contributed by atoms with Crippen LogP contribution in [0.4, 0.5) is 39.2 Å². The molecule has 4 aromatic carbocycles. The van der Waals surface area contributed by atoms with Crippen LogP contribution in [-0.4, -0.2) is 64.4 Å². The molecule has 334 valence electrons. The van der Waals surface area contributed by atoms with Crippen LogP contribution in [0.15, 0.2) is 122 Å². The Morgan fingerprint density at radius 3 is 2.07 bits per heavy atom. The van der Waals surface area contributed by atoms with E-state index in [1.54, 1.807) is 93.9 Å². The molecule has 0 radical (unpaired) electrons. The van der Waals surface area contributed by atoms with Crippen LogP contribution in [0.1, 0.15) is 57.1 Å². The summed E-state index contributed by atoms with van der Waals surface area (Å²) in [5, 5.41) is 35.6. The van der Waals surface area contributed by atoms with Gasteiger partial charge in [-0.05, 0) is 96.1 Å². The fraction of sp³-hybridized carbons (Fsp3) is 0.176. The summed E-state index contributed by atoms with van der Waals surface area (Å²) in [4.78, 5) is 48.6. The number of aryl methyl sites for hydroxylation is 1. The molecule has 17 heteroatoms. The number of hydrogen-bond acceptors (Lipinski definition) is 12. The molecular formula is C51H41FN14O2. The first-order valence-corrected chi connectivity index (χ1v) is 22.1. The summed E-state index contributed by atoms with van der Waals surface area (Å²) in [6.45, 7) is 3.91. The molecule has 0 saturated carbocycles. The number of anilines is 6. The van der Waals surface area contributed by atoms with Gasteiger partial charge < -0.3 is 20.4 Å². The maximum absolute atomic E-state index is 15.8. The van der Waals surface area contributed by atoms with E-state index in [-0.39, 0.29) is 36.3 Å². The summed E-state index contributed by atoms with van der Waals surface area (Å²) in [5.41, 5.74) is 8.37. The van der Waals surface area contributed by atoms with Crippen LogP contribution >= 0.6 is 0 Å². The molecular weight excluding hydrogens is 860 g/mol. The van der Waals surface area contributed by atoms with Crippen molar-refractivity contribution in [1.82, 2.24) is 39.5 Å². The maximum Gasteiger partial charge on any atom is 0.258 e. The number of benzene rings is 4. The molecule has 4 aromatic heterocycles. The van der Waals surface area contributed by atoms with Gasteiger partial charge in [-0.1, -0.05) is 37.3 Å². The van der Waals surface area contributed by atoms with E-state index in [0.717, 1.165) is 35.3 Å². The van der Waals surface area contributed by atoms with Crippen molar-refractivity contribution < 1.29 is 14.0 Å². The summed E-state index contributed by atoms with van der Waals surface area (Å²) < 4.78 is 19.3. The standard InChI is InChI=1S/C51H41FN14O2/c1-2-18-63-31-41(29-58-63)59-50-55-15-10-43(60-50)37-22-35-13-19-64(47(35)39(24-37)27-53)46(67)26-34-9-8-32(21-42(34)52)30-66-45(12-17-57-66)62-51-56-16-11-44(61-51)38-23-36-14-20-65(48(36)40(25-38)28-54)49(68)33-6-4-3-5-7-33/h3-12,15-17,21-25,29,31H,2,13-14,18-20,26,30H2,1H3,(H,55,59,60)(H,56,61,62). The molecule has 0 saturated heterocycles. The quantitative estimate of drug-likeness (QED) is 0.113. The van der Waals surface area contributed by atoms with Crippen LogP contribution in [0.25, 0.3) is 22.5 Å². The van der Waals surface area contributed by atoms with Crippen molar-refractivity contribution in [3.8, 4) is 34.7 Å². The van der Waals surface area contributed by atoms with Crippen molar-refractivity contribution in [3.05, 3.63) is 167 Å². The molecule has 2 aliphatic rings. The Hall–Kier alpha value is -9.09. The van der Waals surface area contributed by atoms with Gasteiger partial charge in [0.05, 0.1) is 64.9 Å². The second kappa shape index (κ2) is 18.4. The number of amides is 2. The summed E-state index contributed by atoms with van der Waals surface area (Å²) in [5.74, 6) is 0.221. The number of carbonyl (C=O) groups is 2. The van der Waals surface area contributed by atoms with Crippen LogP contribution in [0.3, 0.4) is 0 Å². The largest absolute Gasteiger partial charge is 0.321 e. The molecule has 2 amide bonds. The highest BCUT2D eigenvalue weighted by atomic mass is 19.1. The molecule has 0 aliphatic carbocycles. The normalized spacial score (nSPS) is 12.6. The molecule has 10 rings (SSSR count). The monoisotopic (exact) mass is 900 g/mol. The van der Waals surface area contributed by atoms with E-state index in [1.165, 1.54) is 6.07 Å². The Morgan fingerprint density at radius 1 is 0.750 bits per heavy atom. The van der Waals surface area contributed by atoms with E-state index in [4.69, 9.17) is 4.98 Å². The summed E-state index contributed by atoms with van der Waals surface area (Å²) in [6.07, 6.45) is 10.4. The van der Waals surface area contributed by atoms with Crippen molar-refractivity contribution >= 4 is 46.6 Å². The Kier molecular flexibility index (Phi) is 11.6. The van der Waals surface area contributed by atoms with E-state index in [9.17, 15) is 20.1 Å². The van der Waals surface area contributed by atoms with Crippen LogP contribution in [-0.2, 0) is 37.1 Å². The zero-order chi connectivity index (χ0) is 46.7. The number of rotatable bonds is 13. The van der Waals surface area contributed by atoms with Crippen LogP contribution in [0.2, 0.25) is 0 Å². The molecule has 0 unspecified atom stereocenters. The predicted molar refractivity (Wildman–Crippen MR) is 253 cm³/mol. The topological polar surface area (TPSA) is 199 Å². The van der Waals surface area contributed by atoms with Gasteiger partial charge in [-0.2, -0.15) is 20.7 Å². The first kappa shape index (κ1) is 42.8. The van der Waals surface area contributed by atoms with Gasteiger partial charge in [-0.15, -0.1) is 0 Å². The predicted octanol–water partition coefficient (Wildman–Crippen LogP) is 8.16. The number of nitrogens with zero attached hydrogens (tertiary/aromatic N) is 12. The zero-order valence-electron chi connectivity index (χ0n) is 36.8. The molecule has 0 spiro atoms. The number of hydrogen-bond donors (Lipinski definition) is 2. The molecule has 0 bridgehead atoms. The number of nitriles is 2. The first-order valence-electron chi connectivity index (χ1n) is 22.1. The van der Waals surface area contributed by atoms with E-state index in [0.29, 0.717) is 88.3 Å². The molecule has 0 fully saturated rings. The number of carbonyl (C=O) groups excluding carboxylic acids is 2. The minimum Gasteiger partial charge on any atom is -0.321 e. The molecule has 2 N–H and O–H groups in total. The highest BCUT2D eigenvalue weighted by Crippen LogP contribution is 2.38. The lowest BCUT2D eigenvalue weighted by molar-refractivity contribution is -0.117. The molecule has 8 aromatic rings. The number of halogens is 1. The van der Waals surface area contributed by atoms with Crippen molar-refractivity contribution in [3.63, 3.8) is 0 Å². The van der Waals surface area contributed by atoms with Crippen molar-refractivity contribution in [2.24, 2.45) is 0 Å². The number of aromatic nitrogens is 8. The lowest BCUT2D eigenvalue weighted by Gasteiger charge is -2.19. The zero-order valence-corrected chi connectivity index (χ0v) is 36.8. The van der Waals surface area contributed by atoms with Gasteiger partial charge in [0.2, 0.25) is 17.8 Å². The van der Waals surface area contributed by atoms with Gasteiger partial charge in [0.1, 0.15) is 23.8 Å². The number of fused-ring (bicyclic) bond motifs is 2. The highest BCUT2D eigenvalue weighted by Gasteiger charge is 2.31. The highest BCUT2D eigenvalue weighted by molar-refractivity contribution is 6.08. The Balaban J connectivity index is 0.800. The average molecular weight is 901 g/mol. The molecule has 6 heterocycles. The SMILES string of the molecule is CCCn1cc(Nc2nccc(-c3cc(C#N)c4c(c3)CCN4C(=O)Cc3ccc(Cn4nccc4Nc4nccc(-c5cc(C#N)c6c(c5)CCN6C(=O)c5ccccc5)n4)cc3F)n2)cn1. The second-order valence-corrected chi connectivity index (χ2v) is 16.4. The van der Waals surface area contributed by atoms with Crippen LogP contribution < -0.4 is 20.4 Å². The average Bonchev–Trinajstić information content (AvgIpc) is 4.20. The first-order chi connectivity index (χ1) is 33.2. The third kappa shape index (κ3) is 8.59. The fourth-order valence-electron chi connectivity index (χ4n) is 8.76. The van der Waals surface area contributed by atoms with Gasteiger partial charge in [-0.3, -0.25) is 14.3 Å². The van der Waals surface area contributed by atoms with Crippen molar-refractivity contribution in [1.29, 1.82) is 10.5 Å². The Bertz CT molecular complexity index is 3330. The number of nitrogens with one attached hydrogen (secondary N) is 2. The smallest absolute Gasteiger partial charge is 0.258 e. The third-order valence-electron chi connectivity index (χ3n) is 11.9. The maximum atomic E-state index is 15.8. The molecule has 68 heavy (non-hydrogen) atoms. The summed E-state index contributed by atoms with van der Waals surface area (Å²) in [7, 11) is 0. The minimum atomic E-state index is -0.534. The van der Waals surface area contributed by atoms with E-state index >= 15 is 4.39 Å². The van der Waals surface area contributed by atoms with Gasteiger partial charge in [0.15, 0.2) is 0 Å². The van der Waals surface area contributed by atoms with Gasteiger partial charge >= 0.3 is 0 Å². The van der Waals surface area contributed by atoms with Crippen LogP contribution in [0, 0.1) is 28.5 Å². The minimum absolute atomic E-state index is 0.153.